The van der Waals surface area contributed by atoms with Crippen LogP contribution in [0.4, 0.5) is 0 Å². The highest BCUT2D eigenvalue weighted by Gasteiger charge is 2.55. The summed E-state index contributed by atoms with van der Waals surface area (Å²) in [4.78, 5) is 49.5. The van der Waals surface area contributed by atoms with Crippen molar-refractivity contribution in [3.8, 4) is 0 Å². The summed E-state index contributed by atoms with van der Waals surface area (Å²) in [6, 6.07) is 26.8. The number of nitrogens with one attached hydrogen (secondary N) is 1. The van der Waals surface area contributed by atoms with Crippen LogP contribution in [0, 0.1) is 0 Å². The van der Waals surface area contributed by atoms with E-state index in [4.69, 9.17) is 42.6 Å². The number of amides is 1. The lowest BCUT2D eigenvalue weighted by Gasteiger charge is -2.49. The first-order chi connectivity index (χ1) is 27.0. The van der Waals surface area contributed by atoms with E-state index in [1.54, 1.807) is 0 Å². The molecule has 2 fully saturated rings. The van der Waals surface area contributed by atoms with Crippen LogP contribution in [0.5, 0.6) is 0 Å². The van der Waals surface area contributed by atoms with Gasteiger partial charge in [0.2, 0.25) is 5.91 Å². The summed E-state index contributed by atoms with van der Waals surface area (Å²) in [7, 11) is 0. The fourth-order valence-electron chi connectivity index (χ4n) is 6.52. The topological polar surface area (TPSA) is 184 Å². The number of rotatable bonds is 17. The maximum atomic E-state index is 12.7. The van der Waals surface area contributed by atoms with Gasteiger partial charge in [-0.25, -0.2) is 0 Å². The number of esters is 3. The van der Waals surface area contributed by atoms with Gasteiger partial charge in [0.1, 0.15) is 43.2 Å². The quantitative estimate of drug-likeness (QED) is 0.151. The molecule has 10 atom stereocenters. The zero-order chi connectivity index (χ0) is 40.0. The van der Waals surface area contributed by atoms with Crippen molar-refractivity contribution < 1.29 is 66.9 Å². The molecule has 3 aromatic carbocycles. The predicted octanol–water partition coefficient (Wildman–Crippen LogP) is 3.13. The van der Waals surface area contributed by atoms with Crippen molar-refractivity contribution in [2.75, 3.05) is 13.2 Å². The lowest BCUT2D eigenvalue weighted by atomic mass is 9.94. The molecule has 0 radical (unpaired) electrons. The largest absolute Gasteiger partial charge is 0.463 e. The Morgan fingerprint density at radius 3 is 1.61 bits per heavy atom. The molecule has 2 aliphatic heterocycles. The number of aliphatic hydroxyl groups is 1. The van der Waals surface area contributed by atoms with Crippen LogP contribution < -0.4 is 5.32 Å². The number of benzene rings is 3. The molecule has 0 spiro atoms. The van der Waals surface area contributed by atoms with Crippen molar-refractivity contribution in [1.29, 1.82) is 0 Å². The maximum Gasteiger partial charge on any atom is 0.303 e. The normalized spacial score (nSPS) is 27.4. The predicted molar refractivity (Wildman–Crippen MR) is 196 cm³/mol. The summed E-state index contributed by atoms with van der Waals surface area (Å²) >= 11 is 0. The second kappa shape index (κ2) is 21.0. The van der Waals surface area contributed by atoms with Gasteiger partial charge in [0.15, 0.2) is 24.8 Å². The smallest absolute Gasteiger partial charge is 0.303 e. The first-order valence-corrected chi connectivity index (χ1v) is 18.3. The van der Waals surface area contributed by atoms with E-state index in [9.17, 15) is 24.3 Å². The second-order valence-electron chi connectivity index (χ2n) is 13.4. The van der Waals surface area contributed by atoms with Crippen LogP contribution in [0.3, 0.4) is 0 Å². The number of carbonyl (C=O) groups excluding carboxylic acids is 4. The third kappa shape index (κ3) is 12.4. The van der Waals surface area contributed by atoms with Crippen molar-refractivity contribution in [2.24, 2.45) is 0 Å². The standard InChI is InChI=1S/C41H49NO14/c1-25(43)42-34-37(53-28(4)46)35(52-27(3)45)33(24-49-26(2)44)55-41(34)56-36-32(23-48-20-29-14-8-5-9-15-29)54-40(47)39(51-22-31-18-12-7-13-19-31)38(36)50-21-30-16-10-6-11-17-30/h5-19,32-41,47H,20-24H2,1-4H3,(H,42,43)/t32-,33-,34-,35-,36-,37-,38+,39-,40-,41+/m1/s1. The molecule has 0 bridgehead atoms. The number of carbonyl (C=O) groups is 4. The monoisotopic (exact) mass is 779 g/mol. The van der Waals surface area contributed by atoms with Gasteiger partial charge in [-0.05, 0) is 16.7 Å². The number of hydrogen-bond donors (Lipinski definition) is 2. The van der Waals surface area contributed by atoms with Crippen molar-refractivity contribution in [3.63, 3.8) is 0 Å². The van der Waals surface area contributed by atoms with E-state index >= 15 is 0 Å². The Morgan fingerprint density at radius 2 is 1.09 bits per heavy atom. The molecule has 1 amide bonds. The lowest BCUT2D eigenvalue weighted by molar-refractivity contribution is -0.353. The average Bonchev–Trinajstić information content (AvgIpc) is 3.16. The number of ether oxygens (including phenoxy) is 9. The van der Waals surface area contributed by atoms with Crippen LogP contribution in [0.25, 0.3) is 0 Å². The fraction of sp³-hybridized carbons (Fsp3) is 0.463. The highest BCUT2D eigenvalue weighted by atomic mass is 16.7. The summed E-state index contributed by atoms with van der Waals surface area (Å²) in [5.41, 5.74) is 2.52. The summed E-state index contributed by atoms with van der Waals surface area (Å²) in [5, 5.41) is 14.3. The Hall–Kier alpha value is -4.74. The molecule has 2 aliphatic rings. The van der Waals surface area contributed by atoms with Crippen molar-refractivity contribution in [2.45, 2.75) is 109 Å². The average molecular weight is 780 g/mol. The molecule has 2 saturated heterocycles. The third-order valence-corrected chi connectivity index (χ3v) is 8.94. The molecule has 56 heavy (non-hydrogen) atoms. The Morgan fingerprint density at radius 1 is 0.589 bits per heavy atom. The summed E-state index contributed by atoms with van der Waals surface area (Å²) in [6.45, 7) is 4.55. The van der Waals surface area contributed by atoms with E-state index in [-0.39, 0.29) is 26.4 Å². The summed E-state index contributed by atoms with van der Waals surface area (Å²) < 4.78 is 54.8. The van der Waals surface area contributed by atoms with Crippen molar-refractivity contribution >= 4 is 23.8 Å². The second-order valence-corrected chi connectivity index (χ2v) is 13.4. The van der Waals surface area contributed by atoms with Gasteiger partial charge in [-0.15, -0.1) is 0 Å². The molecule has 3 aromatic rings. The summed E-state index contributed by atoms with van der Waals surface area (Å²) in [5.74, 6) is -2.71. The van der Waals surface area contributed by atoms with Gasteiger partial charge in [0.05, 0.1) is 26.4 Å². The van der Waals surface area contributed by atoms with Crippen LogP contribution in [0.2, 0.25) is 0 Å². The highest BCUT2D eigenvalue weighted by Crippen LogP contribution is 2.34. The molecule has 0 aromatic heterocycles. The van der Waals surface area contributed by atoms with Crippen molar-refractivity contribution in [3.05, 3.63) is 108 Å². The Labute approximate surface area is 325 Å². The van der Waals surface area contributed by atoms with E-state index in [0.29, 0.717) is 0 Å². The molecule has 0 saturated carbocycles. The van der Waals surface area contributed by atoms with Crippen LogP contribution in [0.1, 0.15) is 44.4 Å². The van der Waals surface area contributed by atoms with Crippen LogP contribution in [0.15, 0.2) is 91.0 Å². The van der Waals surface area contributed by atoms with Gasteiger partial charge in [-0.2, -0.15) is 0 Å². The molecular formula is C41H49NO14. The molecule has 2 N–H and O–H groups in total. The number of aliphatic hydroxyl groups excluding tert-OH is 1. The Kier molecular flexibility index (Phi) is 15.9. The van der Waals surface area contributed by atoms with E-state index < -0.39 is 91.8 Å². The minimum absolute atomic E-state index is 0.0706. The fourth-order valence-corrected chi connectivity index (χ4v) is 6.52. The molecule has 15 heteroatoms. The first-order valence-electron chi connectivity index (χ1n) is 18.3. The van der Waals surface area contributed by atoms with Gasteiger partial charge in [0, 0.05) is 27.7 Å². The van der Waals surface area contributed by atoms with Gasteiger partial charge >= 0.3 is 17.9 Å². The zero-order valence-corrected chi connectivity index (χ0v) is 31.7. The van der Waals surface area contributed by atoms with Crippen LogP contribution in [-0.2, 0) is 81.6 Å². The first kappa shape index (κ1) is 42.4. The molecule has 2 heterocycles. The van der Waals surface area contributed by atoms with Crippen molar-refractivity contribution in [1.82, 2.24) is 5.32 Å². The minimum atomic E-state index is -1.51. The zero-order valence-electron chi connectivity index (χ0n) is 31.7. The van der Waals surface area contributed by atoms with E-state index in [2.05, 4.69) is 5.32 Å². The molecule has 0 unspecified atom stereocenters. The van der Waals surface area contributed by atoms with Gasteiger partial charge in [-0.3, -0.25) is 19.2 Å². The third-order valence-electron chi connectivity index (χ3n) is 8.94. The number of hydrogen-bond acceptors (Lipinski definition) is 14. The van der Waals surface area contributed by atoms with E-state index in [0.717, 1.165) is 30.5 Å². The molecule has 302 valence electrons. The molecule has 5 rings (SSSR count). The molecule has 0 aliphatic carbocycles. The SMILES string of the molecule is CC(=O)N[C@H]1[C@H](O[C@H]2[C@H](OCc3ccccc3)[C@@H](OCc3ccccc3)[C@H](O)O[C@@H]2COCc2ccccc2)O[C@H](COC(C)=O)[C@@H](OC(C)=O)[C@@H]1OC(C)=O. The van der Waals surface area contributed by atoms with Gasteiger partial charge < -0.3 is 53.1 Å². The van der Waals surface area contributed by atoms with Gasteiger partial charge in [0.25, 0.3) is 0 Å². The van der Waals surface area contributed by atoms with E-state index in [1.807, 2.05) is 91.0 Å². The molecule has 15 nitrogen and oxygen atoms in total. The minimum Gasteiger partial charge on any atom is -0.463 e. The van der Waals surface area contributed by atoms with Crippen LogP contribution >= 0.6 is 0 Å². The van der Waals surface area contributed by atoms with Crippen LogP contribution in [-0.4, -0.2) is 103 Å². The Bertz CT molecular complexity index is 1700. The van der Waals surface area contributed by atoms with E-state index in [1.165, 1.54) is 13.8 Å². The van der Waals surface area contributed by atoms with Gasteiger partial charge in [-0.1, -0.05) is 91.0 Å². The molecular weight excluding hydrogens is 730 g/mol. The summed E-state index contributed by atoms with van der Waals surface area (Å²) in [6.07, 6.45) is -11.3. The maximum absolute atomic E-state index is 12.7. The highest BCUT2D eigenvalue weighted by molar-refractivity contribution is 5.73. The lowest BCUT2D eigenvalue weighted by Crippen LogP contribution is -2.69. The Balaban J connectivity index is 1.54.